The number of amides is 6. The molecule has 2 heterocycles. The van der Waals surface area contributed by atoms with E-state index < -0.39 is 48.0 Å². The molecule has 2 aromatic rings. The number of hydrogen-bond donors (Lipinski definition) is 0. The number of urea groups is 2. The molecule has 2 fully saturated rings. The van der Waals surface area contributed by atoms with Gasteiger partial charge in [-0.3, -0.25) is 29.1 Å². The average Bonchev–Trinajstić information content (AvgIpc) is 3.40. The van der Waals surface area contributed by atoms with Crippen LogP contribution in [0.5, 0.6) is 0 Å². The van der Waals surface area contributed by atoms with E-state index in [2.05, 4.69) is 0 Å². The predicted octanol–water partition coefficient (Wildman–Crippen LogP) is -1.14. The summed E-state index contributed by atoms with van der Waals surface area (Å²) >= 11 is 0. The fourth-order valence-electron chi connectivity index (χ4n) is 4.23. The topological polar surface area (TPSA) is 198 Å². The van der Waals surface area contributed by atoms with Crippen molar-refractivity contribution in [3.8, 4) is 0 Å². The van der Waals surface area contributed by atoms with Crippen molar-refractivity contribution in [2.45, 2.75) is 12.2 Å². The third kappa shape index (κ3) is 9.21. The molecule has 2 aliphatic heterocycles. The summed E-state index contributed by atoms with van der Waals surface area (Å²) in [4.78, 5) is 82.5. The monoisotopic (exact) mass is 662 g/mol. The van der Waals surface area contributed by atoms with E-state index in [0.717, 1.165) is 9.80 Å². The minimum atomic E-state index is -1.48. The van der Waals surface area contributed by atoms with Crippen LogP contribution in [0, 0.1) is 0 Å². The number of rotatable bonds is 12. The summed E-state index contributed by atoms with van der Waals surface area (Å²) < 4.78 is 9.54. The fraction of sp³-hybridized carbons (Fsp3) is 0.267. The molecule has 0 spiro atoms. The van der Waals surface area contributed by atoms with Crippen LogP contribution in [-0.4, -0.2) is 133 Å². The fourth-order valence-corrected chi connectivity index (χ4v) is 4.23. The van der Waals surface area contributed by atoms with Crippen LogP contribution in [0.15, 0.2) is 72.1 Å². The Balaban J connectivity index is 0.000000320. The van der Waals surface area contributed by atoms with Crippen LogP contribution >= 0.6 is 0 Å². The van der Waals surface area contributed by atoms with Crippen LogP contribution in [0.4, 0.5) is 9.59 Å². The number of carboxylic acids is 2. The molecule has 0 radical (unpaired) electrons. The van der Waals surface area contributed by atoms with Gasteiger partial charge in [-0.2, -0.15) is 0 Å². The summed E-state index contributed by atoms with van der Waals surface area (Å²) in [6.45, 7) is -0.746. The van der Waals surface area contributed by atoms with E-state index in [1.165, 1.54) is 40.6 Å². The number of benzene rings is 2. The van der Waals surface area contributed by atoms with Gasteiger partial charge in [-0.1, -0.05) is 60.7 Å². The molecule has 2 unspecified atom stereocenters. The van der Waals surface area contributed by atoms with Crippen molar-refractivity contribution in [1.82, 2.24) is 19.9 Å². The molecule has 16 nitrogen and oxygen atoms in total. The standard InChI is InChI=1S/2C15H16N2O6.Mg/c2*1-22-12(14(19)20)9-16-11(8-10-6-4-3-5-7-10)13(18)17(23-2)15(16)21;/h2*3-8,12H,9H2,1-2H3,(H,19,20);/q;;+2/p-2. The summed E-state index contributed by atoms with van der Waals surface area (Å²) in [7, 11) is 4.70. The number of carbonyl (C=O) groups excluding carboxylic acids is 6. The molecule has 0 N–H and O–H groups in total. The normalized spacial score (nSPS) is 17.5. The molecule has 0 aromatic heterocycles. The number of nitrogens with zero attached hydrogens (tertiary/aromatic N) is 4. The molecule has 2 atom stereocenters. The molecule has 4 rings (SSSR count). The predicted molar refractivity (Wildman–Crippen MR) is 158 cm³/mol. The van der Waals surface area contributed by atoms with E-state index in [4.69, 9.17) is 19.1 Å². The number of aliphatic carboxylic acids is 2. The van der Waals surface area contributed by atoms with E-state index in [1.807, 2.05) is 0 Å². The number of ether oxygens (including phenoxy) is 2. The molecule has 2 saturated heterocycles. The molecule has 2 aliphatic rings. The average molecular weight is 663 g/mol. The second kappa shape index (κ2) is 17.9. The minimum absolute atomic E-state index is 0. The Morgan fingerprint density at radius 2 is 0.957 bits per heavy atom. The van der Waals surface area contributed by atoms with Gasteiger partial charge in [0.2, 0.25) is 0 Å². The van der Waals surface area contributed by atoms with Gasteiger partial charge < -0.3 is 29.3 Å². The first-order chi connectivity index (χ1) is 22.0. The molecule has 17 heteroatoms. The number of imide groups is 2. The molecule has 47 heavy (non-hydrogen) atoms. The van der Waals surface area contributed by atoms with Crippen LogP contribution in [0.25, 0.3) is 12.2 Å². The van der Waals surface area contributed by atoms with E-state index in [-0.39, 0.29) is 47.5 Å². The maximum absolute atomic E-state index is 12.3. The van der Waals surface area contributed by atoms with E-state index in [0.29, 0.717) is 21.3 Å². The summed E-state index contributed by atoms with van der Waals surface area (Å²) in [5.41, 5.74) is 1.33. The van der Waals surface area contributed by atoms with E-state index >= 15 is 0 Å². The maximum Gasteiger partial charge on any atom is 2.00 e. The number of hydroxylamine groups is 4. The van der Waals surface area contributed by atoms with Gasteiger partial charge in [0.1, 0.15) is 23.6 Å². The zero-order chi connectivity index (χ0) is 34.0. The van der Waals surface area contributed by atoms with Crippen molar-refractivity contribution >= 4 is 71.0 Å². The second-order valence-electron chi connectivity index (χ2n) is 9.32. The summed E-state index contributed by atoms with van der Waals surface area (Å²) in [5.74, 6) is -4.34. The summed E-state index contributed by atoms with van der Waals surface area (Å²) in [6.07, 6.45) is 0.202. The zero-order valence-electron chi connectivity index (χ0n) is 25.9. The van der Waals surface area contributed by atoms with Crippen molar-refractivity contribution in [3.63, 3.8) is 0 Å². The first kappa shape index (κ1) is 38.5. The third-order valence-corrected chi connectivity index (χ3v) is 6.56. The Morgan fingerprint density at radius 1 is 0.638 bits per heavy atom. The molecular weight excluding hydrogens is 633 g/mol. The molecule has 2 aromatic carbocycles. The maximum atomic E-state index is 12.3. The first-order valence-electron chi connectivity index (χ1n) is 13.4. The Labute approximate surface area is 285 Å². The van der Waals surface area contributed by atoms with Crippen LogP contribution in [-0.2, 0) is 38.3 Å². The molecule has 6 amide bonds. The van der Waals surface area contributed by atoms with Gasteiger partial charge in [0, 0.05) is 14.2 Å². The first-order valence-corrected chi connectivity index (χ1v) is 13.4. The number of methoxy groups -OCH3 is 2. The Hall–Kier alpha value is -4.65. The molecule has 0 aliphatic carbocycles. The number of carboxylic acid groups (broad SMARTS) is 2. The Bertz CT molecular complexity index is 1410. The molecular formula is C30H30MgN4O12. The Kier molecular flexibility index (Phi) is 14.7. The van der Waals surface area contributed by atoms with Gasteiger partial charge in [0.15, 0.2) is 0 Å². The molecule has 244 valence electrons. The van der Waals surface area contributed by atoms with Crippen LogP contribution < -0.4 is 10.2 Å². The largest absolute Gasteiger partial charge is 2.00 e. The SMILES string of the molecule is COC(CN1C(=O)N(OC)C(=O)C1=Cc1ccccc1)C(=O)[O-].COC(CN1C(=O)N(OC)C(=O)C1=Cc1ccccc1)C(=O)[O-].[Mg+2]. The van der Waals surface area contributed by atoms with E-state index in [1.54, 1.807) is 60.7 Å². The summed E-state index contributed by atoms with van der Waals surface area (Å²) in [6, 6.07) is 16.1. The number of carbonyl (C=O) groups is 6. The second-order valence-corrected chi connectivity index (χ2v) is 9.32. The molecule has 0 bridgehead atoms. The third-order valence-electron chi connectivity index (χ3n) is 6.56. The number of hydrogen-bond acceptors (Lipinski definition) is 12. The van der Waals surface area contributed by atoms with Crippen LogP contribution in [0.2, 0.25) is 0 Å². The van der Waals surface area contributed by atoms with Crippen molar-refractivity contribution in [3.05, 3.63) is 83.2 Å². The van der Waals surface area contributed by atoms with Crippen LogP contribution in [0.3, 0.4) is 0 Å². The Morgan fingerprint density at radius 3 is 1.21 bits per heavy atom. The quantitative estimate of drug-likeness (QED) is 0.151. The van der Waals surface area contributed by atoms with Crippen molar-refractivity contribution < 1.29 is 58.1 Å². The molecule has 0 saturated carbocycles. The smallest absolute Gasteiger partial charge is 0.547 e. The van der Waals surface area contributed by atoms with Gasteiger partial charge in [0.05, 0.1) is 39.2 Å². The van der Waals surface area contributed by atoms with Crippen molar-refractivity contribution in [1.29, 1.82) is 0 Å². The van der Waals surface area contributed by atoms with Crippen molar-refractivity contribution in [2.75, 3.05) is 41.5 Å². The van der Waals surface area contributed by atoms with Crippen LogP contribution in [0.1, 0.15) is 11.1 Å². The van der Waals surface area contributed by atoms with Gasteiger partial charge in [-0.25, -0.2) is 9.59 Å². The summed E-state index contributed by atoms with van der Waals surface area (Å²) in [5, 5.41) is 23.1. The van der Waals surface area contributed by atoms with Gasteiger partial charge in [-0.05, 0) is 23.3 Å². The van der Waals surface area contributed by atoms with Gasteiger partial charge >= 0.3 is 46.9 Å². The van der Waals surface area contributed by atoms with Crippen molar-refractivity contribution in [2.24, 2.45) is 0 Å². The van der Waals surface area contributed by atoms with Gasteiger partial charge in [0.25, 0.3) is 0 Å². The zero-order valence-corrected chi connectivity index (χ0v) is 27.3. The van der Waals surface area contributed by atoms with Gasteiger partial charge in [-0.15, -0.1) is 10.1 Å². The van der Waals surface area contributed by atoms with E-state index in [9.17, 15) is 39.0 Å². The minimum Gasteiger partial charge on any atom is -0.547 e.